The van der Waals surface area contributed by atoms with Crippen molar-refractivity contribution < 1.29 is 19.1 Å². The van der Waals surface area contributed by atoms with Crippen LogP contribution in [0.4, 0.5) is 0 Å². The summed E-state index contributed by atoms with van der Waals surface area (Å²) >= 11 is 0. The molecule has 0 saturated heterocycles. The molecule has 1 unspecified atom stereocenters. The van der Waals surface area contributed by atoms with Gasteiger partial charge in [0.05, 0.1) is 7.11 Å². The van der Waals surface area contributed by atoms with E-state index in [1.54, 1.807) is 19.2 Å². The number of rotatable bonds is 8. The van der Waals surface area contributed by atoms with Gasteiger partial charge in [0.25, 0.3) is 0 Å². The molecule has 2 aromatic carbocycles. The van der Waals surface area contributed by atoms with Gasteiger partial charge in [-0.05, 0) is 60.7 Å². The van der Waals surface area contributed by atoms with Crippen LogP contribution >= 0.6 is 0 Å². The third kappa shape index (κ3) is 6.74. The summed E-state index contributed by atoms with van der Waals surface area (Å²) < 4.78 is 10.5. The third-order valence-corrected chi connectivity index (χ3v) is 4.19. The van der Waals surface area contributed by atoms with Crippen molar-refractivity contribution in [2.75, 3.05) is 7.11 Å². The summed E-state index contributed by atoms with van der Waals surface area (Å²) in [5.74, 6) is 1.09. The van der Waals surface area contributed by atoms with Gasteiger partial charge in [0, 0.05) is 12.8 Å². The number of carbonyl (C=O) groups is 2. The number of methoxy groups -OCH3 is 1. The molecule has 4 nitrogen and oxygen atoms in total. The third-order valence-electron chi connectivity index (χ3n) is 4.19. The lowest BCUT2D eigenvalue weighted by Gasteiger charge is -2.10. The lowest BCUT2D eigenvalue weighted by atomic mass is 10.0. The number of allylic oxidation sites excluding steroid dienone is 1. The summed E-state index contributed by atoms with van der Waals surface area (Å²) in [5, 5.41) is 0. The first-order chi connectivity index (χ1) is 12.9. The summed E-state index contributed by atoms with van der Waals surface area (Å²) in [7, 11) is 1.65. The summed E-state index contributed by atoms with van der Waals surface area (Å²) in [4.78, 5) is 23.1. The lowest BCUT2D eigenvalue weighted by molar-refractivity contribution is -0.135. The van der Waals surface area contributed by atoms with Gasteiger partial charge < -0.3 is 14.3 Å². The quantitative estimate of drug-likeness (QED) is 0.367. The summed E-state index contributed by atoms with van der Waals surface area (Å²) in [6, 6.07) is 15.3. The van der Waals surface area contributed by atoms with Crippen molar-refractivity contribution in [1.29, 1.82) is 0 Å². The molecule has 0 N–H and O–H groups in total. The predicted molar refractivity (Wildman–Crippen MR) is 108 cm³/mol. The molecule has 142 valence electrons. The first-order valence-electron chi connectivity index (χ1n) is 9.00. The minimum absolute atomic E-state index is 0.0102. The molecule has 0 aliphatic rings. The standard InChI is InChI=1S/C23H26O4/c1-16(13-18(3)24)14-23(25)27-22-11-7-20(8-12-22)17(2)15-19-5-9-21(26-4)10-6-19/h5-12,15-16H,13-14H2,1-4H3/b17-15+. The van der Waals surface area contributed by atoms with Crippen LogP contribution in [0.2, 0.25) is 0 Å². The van der Waals surface area contributed by atoms with E-state index in [-0.39, 0.29) is 24.1 Å². The second kappa shape index (κ2) is 9.72. The molecule has 0 spiro atoms. The van der Waals surface area contributed by atoms with Gasteiger partial charge in [0.2, 0.25) is 0 Å². The van der Waals surface area contributed by atoms with Crippen molar-refractivity contribution in [2.24, 2.45) is 5.92 Å². The molecule has 2 aromatic rings. The molecule has 0 aromatic heterocycles. The number of Topliss-reactive ketones (excluding diaryl/α,β-unsaturated/α-hetero) is 1. The summed E-state index contributed by atoms with van der Waals surface area (Å²) in [6.07, 6.45) is 2.71. The minimum atomic E-state index is -0.318. The Kier molecular flexibility index (Phi) is 7.35. The Morgan fingerprint density at radius 3 is 2.07 bits per heavy atom. The topological polar surface area (TPSA) is 52.6 Å². The van der Waals surface area contributed by atoms with Gasteiger partial charge in [-0.25, -0.2) is 0 Å². The zero-order valence-corrected chi connectivity index (χ0v) is 16.3. The fraction of sp³-hybridized carbons (Fsp3) is 0.304. The van der Waals surface area contributed by atoms with E-state index in [2.05, 4.69) is 6.08 Å². The van der Waals surface area contributed by atoms with Crippen LogP contribution in [-0.2, 0) is 9.59 Å². The molecule has 0 bridgehead atoms. The van der Waals surface area contributed by atoms with Crippen molar-refractivity contribution in [3.05, 3.63) is 59.7 Å². The van der Waals surface area contributed by atoms with Crippen molar-refractivity contribution in [3.8, 4) is 11.5 Å². The van der Waals surface area contributed by atoms with E-state index < -0.39 is 0 Å². The first-order valence-corrected chi connectivity index (χ1v) is 9.00. The van der Waals surface area contributed by atoms with Gasteiger partial charge >= 0.3 is 5.97 Å². The Bertz CT molecular complexity index is 801. The van der Waals surface area contributed by atoms with Gasteiger partial charge in [-0.3, -0.25) is 4.79 Å². The number of hydrogen-bond donors (Lipinski definition) is 0. The van der Waals surface area contributed by atoms with Gasteiger partial charge in [-0.2, -0.15) is 0 Å². The molecular formula is C23H26O4. The van der Waals surface area contributed by atoms with Gasteiger partial charge in [0.15, 0.2) is 0 Å². The Balaban J connectivity index is 1.98. The number of ketones is 1. The molecule has 0 aliphatic carbocycles. The van der Waals surface area contributed by atoms with Crippen LogP contribution < -0.4 is 9.47 Å². The SMILES string of the molecule is COc1ccc(/C=C(\C)c2ccc(OC(=O)CC(C)CC(C)=O)cc2)cc1. The van der Waals surface area contributed by atoms with Crippen LogP contribution in [0.15, 0.2) is 48.5 Å². The van der Waals surface area contributed by atoms with Crippen LogP contribution in [0, 0.1) is 5.92 Å². The molecule has 0 radical (unpaired) electrons. The highest BCUT2D eigenvalue weighted by atomic mass is 16.5. The second-order valence-electron chi connectivity index (χ2n) is 6.81. The molecule has 4 heteroatoms. The van der Waals surface area contributed by atoms with E-state index in [0.29, 0.717) is 12.2 Å². The smallest absolute Gasteiger partial charge is 0.311 e. The van der Waals surface area contributed by atoms with Crippen LogP contribution in [-0.4, -0.2) is 18.9 Å². The van der Waals surface area contributed by atoms with Gasteiger partial charge in [-0.1, -0.05) is 37.3 Å². The van der Waals surface area contributed by atoms with Crippen molar-refractivity contribution in [1.82, 2.24) is 0 Å². The maximum Gasteiger partial charge on any atom is 0.311 e. The monoisotopic (exact) mass is 366 g/mol. The van der Waals surface area contributed by atoms with Gasteiger partial charge in [-0.15, -0.1) is 0 Å². The number of carbonyl (C=O) groups excluding carboxylic acids is 2. The fourth-order valence-electron chi connectivity index (χ4n) is 2.84. The maximum absolute atomic E-state index is 12.0. The molecule has 2 rings (SSSR count). The molecule has 27 heavy (non-hydrogen) atoms. The lowest BCUT2D eigenvalue weighted by Crippen LogP contribution is -2.14. The molecule has 0 heterocycles. The van der Waals surface area contributed by atoms with Crippen LogP contribution in [0.3, 0.4) is 0 Å². The minimum Gasteiger partial charge on any atom is -0.497 e. The normalized spacial score (nSPS) is 12.4. The van der Waals surface area contributed by atoms with Crippen molar-refractivity contribution >= 4 is 23.4 Å². The van der Waals surface area contributed by atoms with E-state index in [9.17, 15) is 9.59 Å². The Labute approximate surface area is 160 Å². The van der Waals surface area contributed by atoms with E-state index in [0.717, 1.165) is 22.4 Å². The van der Waals surface area contributed by atoms with Crippen molar-refractivity contribution in [2.45, 2.75) is 33.6 Å². The average Bonchev–Trinajstić information content (AvgIpc) is 2.62. The molecule has 0 saturated carbocycles. The zero-order valence-electron chi connectivity index (χ0n) is 16.3. The highest BCUT2D eigenvalue weighted by Crippen LogP contribution is 2.22. The zero-order chi connectivity index (χ0) is 19.8. The number of benzene rings is 2. The first kappa shape index (κ1) is 20.4. The van der Waals surface area contributed by atoms with Crippen LogP contribution in [0.25, 0.3) is 11.6 Å². The predicted octanol–water partition coefficient (Wildman–Crippen LogP) is 5.17. The molecular weight excluding hydrogens is 340 g/mol. The average molecular weight is 366 g/mol. The molecule has 0 aliphatic heterocycles. The highest BCUT2D eigenvalue weighted by Gasteiger charge is 2.13. The molecule has 0 amide bonds. The van der Waals surface area contributed by atoms with Crippen LogP contribution in [0.5, 0.6) is 11.5 Å². The Morgan fingerprint density at radius 1 is 0.926 bits per heavy atom. The summed E-state index contributed by atoms with van der Waals surface area (Å²) in [6.45, 7) is 5.44. The van der Waals surface area contributed by atoms with Crippen LogP contribution in [0.1, 0.15) is 44.7 Å². The van der Waals surface area contributed by atoms with E-state index >= 15 is 0 Å². The number of esters is 1. The second-order valence-corrected chi connectivity index (χ2v) is 6.81. The fourth-order valence-corrected chi connectivity index (χ4v) is 2.84. The number of hydrogen-bond acceptors (Lipinski definition) is 4. The highest BCUT2D eigenvalue weighted by molar-refractivity contribution is 5.81. The van der Waals surface area contributed by atoms with Crippen molar-refractivity contribution in [3.63, 3.8) is 0 Å². The molecule has 1 atom stereocenters. The largest absolute Gasteiger partial charge is 0.497 e. The molecule has 0 fully saturated rings. The number of ether oxygens (including phenoxy) is 2. The maximum atomic E-state index is 12.0. The Hall–Kier alpha value is -2.88. The Morgan fingerprint density at radius 2 is 1.52 bits per heavy atom. The van der Waals surface area contributed by atoms with E-state index in [4.69, 9.17) is 9.47 Å². The summed E-state index contributed by atoms with van der Waals surface area (Å²) in [5.41, 5.74) is 3.24. The van der Waals surface area contributed by atoms with E-state index in [1.165, 1.54) is 6.92 Å². The van der Waals surface area contributed by atoms with Gasteiger partial charge in [0.1, 0.15) is 17.3 Å². The van der Waals surface area contributed by atoms with E-state index in [1.807, 2.05) is 50.2 Å².